The number of para-hydroxylation sites is 1. The quantitative estimate of drug-likeness (QED) is 0.672. The molecule has 4 nitrogen and oxygen atoms in total. The van der Waals surface area contributed by atoms with Gasteiger partial charge in [0.05, 0.1) is 16.6 Å². The van der Waals surface area contributed by atoms with Gasteiger partial charge in [0.1, 0.15) is 0 Å². The Hall–Kier alpha value is -2.93. The van der Waals surface area contributed by atoms with E-state index in [0.29, 0.717) is 42.7 Å². The van der Waals surface area contributed by atoms with E-state index in [0.717, 1.165) is 11.5 Å². The summed E-state index contributed by atoms with van der Waals surface area (Å²) in [6.07, 6.45) is -1.73. The largest absolute Gasteiger partial charge is 0.416 e. The Bertz CT molecular complexity index is 1050. The molecule has 156 valence electrons. The maximum atomic E-state index is 13.2. The number of benzene rings is 2. The summed E-state index contributed by atoms with van der Waals surface area (Å²) >= 11 is 0. The lowest BCUT2D eigenvalue weighted by molar-refractivity contribution is -0.137. The number of nitrogens with zero attached hydrogens (tertiary/aromatic N) is 1. The summed E-state index contributed by atoms with van der Waals surface area (Å²) in [5.74, 6) is -0.294. The van der Waals surface area contributed by atoms with Gasteiger partial charge in [-0.1, -0.05) is 36.4 Å². The number of alkyl halides is 3. The third-order valence-electron chi connectivity index (χ3n) is 5.72. The van der Waals surface area contributed by atoms with Gasteiger partial charge in [0, 0.05) is 36.8 Å². The van der Waals surface area contributed by atoms with E-state index in [2.05, 4.69) is 10.3 Å². The van der Waals surface area contributed by atoms with Crippen molar-refractivity contribution in [1.82, 2.24) is 10.3 Å². The first-order chi connectivity index (χ1) is 14.4. The van der Waals surface area contributed by atoms with E-state index < -0.39 is 17.2 Å². The first-order valence-electron chi connectivity index (χ1n) is 9.77. The normalized spacial score (nSPS) is 16.4. The molecule has 1 fully saturated rings. The highest BCUT2D eigenvalue weighted by Crippen LogP contribution is 2.38. The minimum Gasteiger partial charge on any atom is -0.381 e. The molecule has 2 aromatic carbocycles. The van der Waals surface area contributed by atoms with Crippen molar-refractivity contribution in [2.45, 2.75) is 24.4 Å². The summed E-state index contributed by atoms with van der Waals surface area (Å²) < 4.78 is 45.2. The van der Waals surface area contributed by atoms with Gasteiger partial charge in [0.15, 0.2) is 0 Å². The summed E-state index contributed by atoms with van der Waals surface area (Å²) in [5.41, 5.74) is 0.303. The number of amides is 1. The van der Waals surface area contributed by atoms with Crippen molar-refractivity contribution in [3.05, 3.63) is 77.5 Å². The van der Waals surface area contributed by atoms with Crippen molar-refractivity contribution in [3.8, 4) is 0 Å². The Labute approximate surface area is 172 Å². The second-order valence-electron chi connectivity index (χ2n) is 7.53. The molecule has 0 saturated carbocycles. The predicted octanol–water partition coefficient (Wildman–Crippen LogP) is 4.73. The molecule has 0 bridgehead atoms. The van der Waals surface area contributed by atoms with Gasteiger partial charge in [-0.05, 0) is 36.6 Å². The van der Waals surface area contributed by atoms with Gasteiger partial charge in [0.25, 0.3) is 5.91 Å². The van der Waals surface area contributed by atoms with Crippen LogP contribution in [0.1, 0.15) is 34.3 Å². The number of carbonyl (C=O) groups is 1. The number of aromatic nitrogens is 1. The highest BCUT2D eigenvalue weighted by molar-refractivity contribution is 6.05. The lowest BCUT2D eigenvalue weighted by Gasteiger charge is -2.38. The van der Waals surface area contributed by atoms with E-state index >= 15 is 0 Å². The molecule has 1 amide bonds. The van der Waals surface area contributed by atoms with Crippen LogP contribution < -0.4 is 5.32 Å². The average Bonchev–Trinajstić information content (AvgIpc) is 2.77. The molecule has 1 aliphatic heterocycles. The topological polar surface area (TPSA) is 51.2 Å². The van der Waals surface area contributed by atoms with E-state index in [1.165, 1.54) is 12.1 Å². The van der Waals surface area contributed by atoms with Crippen LogP contribution in [0.4, 0.5) is 13.2 Å². The minimum atomic E-state index is -4.42. The average molecular weight is 414 g/mol. The summed E-state index contributed by atoms with van der Waals surface area (Å²) in [6, 6.07) is 14.4. The number of nitrogens with one attached hydrogen (secondary N) is 1. The van der Waals surface area contributed by atoms with Gasteiger partial charge >= 0.3 is 6.18 Å². The van der Waals surface area contributed by atoms with E-state index in [-0.39, 0.29) is 12.5 Å². The highest BCUT2D eigenvalue weighted by atomic mass is 19.4. The molecule has 7 heteroatoms. The molecule has 1 aromatic heterocycles. The molecule has 0 spiro atoms. The first-order valence-corrected chi connectivity index (χ1v) is 9.77. The fourth-order valence-corrected chi connectivity index (χ4v) is 3.99. The summed E-state index contributed by atoms with van der Waals surface area (Å²) in [7, 11) is 0. The van der Waals surface area contributed by atoms with Crippen LogP contribution >= 0.6 is 0 Å². The molecule has 1 N–H and O–H groups in total. The maximum Gasteiger partial charge on any atom is 0.416 e. The van der Waals surface area contributed by atoms with Crippen LogP contribution in [0.5, 0.6) is 0 Å². The summed E-state index contributed by atoms with van der Waals surface area (Å²) in [6.45, 7) is 1.09. The number of ether oxygens (including phenoxy) is 1. The van der Waals surface area contributed by atoms with Gasteiger partial charge in [0.2, 0.25) is 0 Å². The minimum absolute atomic E-state index is 0.222. The Morgan fingerprint density at radius 2 is 1.80 bits per heavy atom. The van der Waals surface area contributed by atoms with Crippen LogP contribution in [0.25, 0.3) is 10.9 Å². The van der Waals surface area contributed by atoms with Crippen molar-refractivity contribution in [2.24, 2.45) is 0 Å². The third kappa shape index (κ3) is 4.03. The van der Waals surface area contributed by atoms with Crippen LogP contribution in [0.15, 0.2) is 60.8 Å². The number of halogens is 3. The molecular weight excluding hydrogens is 393 g/mol. The second-order valence-corrected chi connectivity index (χ2v) is 7.53. The molecule has 0 unspecified atom stereocenters. The Morgan fingerprint density at radius 1 is 1.07 bits per heavy atom. The van der Waals surface area contributed by atoms with Crippen molar-refractivity contribution in [3.63, 3.8) is 0 Å². The van der Waals surface area contributed by atoms with Crippen LogP contribution in [0.3, 0.4) is 0 Å². The molecule has 0 aliphatic carbocycles. The van der Waals surface area contributed by atoms with Crippen molar-refractivity contribution < 1.29 is 22.7 Å². The van der Waals surface area contributed by atoms with E-state index in [1.54, 1.807) is 30.5 Å². The van der Waals surface area contributed by atoms with Gasteiger partial charge in [-0.2, -0.15) is 13.2 Å². The van der Waals surface area contributed by atoms with Crippen molar-refractivity contribution in [2.75, 3.05) is 19.8 Å². The molecule has 30 heavy (non-hydrogen) atoms. The number of pyridine rings is 1. The summed E-state index contributed by atoms with van der Waals surface area (Å²) in [4.78, 5) is 17.2. The molecule has 1 saturated heterocycles. The summed E-state index contributed by atoms with van der Waals surface area (Å²) in [5, 5.41) is 3.79. The van der Waals surface area contributed by atoms with E-state index in [4.69, 9.17) is 4.74 Å². The number of fused-ring (bicyclic) bond motifs is 1. The zero-order valence-electron chi connectivity index (χ0n) is 16.2. The molecule has 0 atom stereocenters. The molecular formula is C23H21F3N2O2. The third-order valence-corrected chi connectivity index (χ3v) is 5.72. The Balaban J connectivity index is 1.62. The number of hydrogen-bond acceptors (Lipinski definition) is 3. The molecule has 2 heterocycles. The Kier molecular flexibility index (Phi) is 5.47. The SMILES string of the molecule is O=C(NCC1(c2cccc(C(F)(F)F)c2)CCOCC1)c1cccc2cccnc12. The molecule has 3 aromatic rings. The van der Waals surface area contributed by atoms with E-state index in [9.17, 15) is 18.0 Å². The maximum absolute atomic E-state index is 13.2. The smallest absolute Gasteiger partial charge is 0.381 e. The van der Waals surface area contributed by atoms with Crippen molar-refractivity contribution >= 4 is 16.8 Å². The van der Waals surface area contributed by atoms with Crippen LogP contribution in [-0.2, 0) is 16.3 Å². The zero-order valence-corrected chi connectivity index (χ0v) is 16.2. The number of hydrogen-bond donors (Lipinski definition) is 1. The number of rotatable bonds is 4. The standard InChI is InChI=1S/C23H21F3N2O2/c24-23(25,26)18-7-2-6-17(14-18)22(9-12-30-13-10-22)15-28-21(29)19-8-1-4-16-5-3-11-27-20(16)19/h1-8,11,14H,9-10,12-13,15H2,(H,28,29). The fourth-order valence-electron chi connectivity index (χ4n) is 3.99. The van der Waals surface area contributed by atoms with Gasteiger partial charge in [-0.15, -0.1) is 0 Å². The predicted molar refractivity (Wildman–Crippen MR) is 107 cm³/mol. The van der Waals surface area contributed by atoms with Crippen LogP contribution in [-0.4, -0.2) is 30.6 Å². The molecule has 1 aliphatic rings. The second kappa shape index (κ2) is 8.07. The zero-order chi connectivity index (χ0) is 21.2. The number of carbonyl (C=O) groups excluding carboxylic acids is 1. The lowest BCUT2D eigenvalue weighted by Crippen LogP contribution is -2.44. The first kappa shape index (κ1) is 20.3. The van der Waals surface area contributed by atoms with Gasteiger partial charge in [-0.25, -0.2) is 0 Å². The fraction of sp³-hybridized carbons (Fsp3) is 0.304. The molecule has 4 rings (SSSR count). The van der Waals surface area contributed by atoms with Crippen LogP contribution in [0.2, 0.25) is 0 Å². The lowest BCUT2D eigenvalue weighted by atomic mass is 9.73. The van der Waals surface area contributed by atoms with Gasteiger partial charge in [-0.3, -0.25) is 9.78 Å². The van der Waals surface area contributed by atoms with E-state index in [1.807, 2.05) is 12.1 Å². The monoisotopic (exact) mass is 414 g/mol. The van der Waals surface area contributed by atoms with Gasteiger partial charge < -0.3 is 10.1 Å². The Morgan fingerprint density at radius 3 is 2.57 bits per heavy atom. The molecule has 0 radical (unpaired) electrons. The van der Waals surface area contributed by atoms with Crippen molar-refractivity contribution in [1.29, 1.82) is 0 Å². The van der Waals surface area contributed by atoms with Crippen LogP contribution in [0, 0.1) is 0 Å². The highest BCUT2D eigenvalue weighted by Gasteiger charge is 2.37.